The largest absolute Gasteiger partial charge is 0.473 e. The molecule has 3 aliphatic rings. The van der Waals surface area contributed by atoms with Gasteiger partial charge in [0.2, 0.25) is 11.8 Å². The monoisotopic (exact) mass is 532 g/mol. The molecule has 206 valence electrons. The zero-order valence-electron chi connectivity index (χ0n) is 23.2. The Morgan fingerprint density at radius 1 is 1.15 bits per heavy atom. The second kappa shape index (κ2) is 9.43. The third kappa shape index (κ3) is 4.99. The molecule has 2 fully saturated rings. The molecule has 1 saturated carbocycles. The molecular formula is C29H36N6O4. The van der Waals surface area contributed by atoms with Crippen molar-refractivity contribution < 1.29 is 19.1 Å². The molecule has 2 amide bonds. The maximum atomic E-state index is 13.1. The predicted molar refractivity (Wildman–Crippen MR) is 149 cm³/mol. The average molecular weight is 533 g/mol. The van der Waals surface area contributed by atoms with Crippen LogP contribution in [0.1, 0.15) is 53.0 Å². The second-order valence-corrected chi connectivity index (χ2v) is 11.9. The van der Waals surface area contributed by atoms with E-state index in [2.05, 4.69) is 14.8 Å². The minimum atomic E-state index is -0.590. The van der Waals surface area contributed by atoms with Crippen molar-refractivity contribution >= 4 is 34.4 Å². The number of fused-ring (bicyclic) bond motifs is 2. The number of ether oxygens (including phenoxy) is 2. The molecule has 1 saturated heterocycles. The number of pyridine rings is 1. The van der Waals surface area contributed by atoms with E-state index in [0.29, 0.717) is 43.7 Å². The first-order valence-electron chi connectivity index (χ1n) is 13.7. The van der Waals surface area contributed by atoms with E-state index in [0.717, 1.165) is 40.8 Å². The lowest BCUT2D eigenvalue weighted by Crippen LogP contribution is -2.45. The number of carbonyl (C=O) groups excluding carboxylic acids is 2. The summed E-state index contributed by atoms with van der Waals surface area (Å²) in [5, 5.41) is 2.90. The van der Waals surface area contributed by atoms with Crippen molar-refractivity contribution in [2.45, 2.75) is 64.7 Å². The number of amides is 2. The van der Waals surface area contributed by atoms with Gasteiger partial charge < -0.3 is 24.3 Å². The topological polar surface area (TPSA) is 102 Å². The van der Waals surface area contributed by atoms with Gasteiger partial charge in [-0.3, -0.25) is 9.69 Å². The van der Waals surface area contributed by atoms with E-state index in [9.17, 15) is 9.59 Å². The van der Waals surface area contributed by atoms with Gasteiger partial charge >= 0.3 is 6.09 Å². The summed E-state index contributed by atoms with van der Waals surface area (Å²) in [6.07, 6.45) is 3.99. The number of nitrogens with one attached hydrogen (secondary N) is 1. The van der Waals surface area contributed by atoms with Gasteiger partial charge in [0, 0.05) is 50.6 Å². The van der Waals surface area contributed by atoms with Crippen LogP contribution in [0.5, 0.6) is 5.88 Å². The van der Waals surface area contributed by atoms with E-state index >= 15 is 0 Å². The maximum absolute atomic E-state index is 13.1. The lowest BCUT2D eigenvalue weighted by atomic mass is 10.0. The van der Waals surface area contributed by atoms with Crippen LogP contribution in [0.2, 0.25) is 0 Å². The smallest absolute Gasteiger partial charge is 0.414 e. The third-order valence-electron chi connectivity index (χ3n) is 7.68. The highest BCUT2D eigenvalue weighted by Crippen LogP contribution is 2.42. The van der Waals surface area contributed by atoms with Crippen molar-refractivity contribution in [3.8, 4) is 17.1 Å². The lowest BCUT2D eigenvalue weighted by Gasteiger charge is -2.36. The Hall–Kier alpha value is -3.82. The van der Waals surface area contributed by atoms with E-state index in [4.69, 9.17) is 19.4 Å². The fraction of sp³-hybridized carbons (Fsp3) is 0.517. The molecular weight excluding hydrogens is 496 g/mol. The van der Waals surface area contributed by atoms with Gasteiger partial charge in [0.25, 0.3) is 0 Å². The van der Waals surface area contributed by atoms with E-state index in [1.54, 1.807) is 4.90 Å². The minimum absolute atomic E-state index is 0.0545. The number of anilines is 2. The SMILES string of the molecule is C[C@@H](Oc1nc(-c2ccc3c(c2)N(C(=O)OC(C)(C)C)CCN3C)cc2ncn(C3CC3)c12)[C@H]1CNC(=O)C1. The van der Waals surface area contributed by atoms with Crippen molar-refractivity contribution in [3.63, 3.8) is 0 Å². The number of hydrogen-bond acceptors (Lipinski definition) is 7. The molecule has 0 radical (unpaired) electrons. The third-order valence-corrected chi connectivity index (χ3v) is 7.68. The van der Waals surface area contributed by atoms with Crippen LogP contribution >= 0.6 is 0 Å². The summed E-state index contributed by atoms with van der Waals surface area (Å²) in [4.78, 5) is 38.5. The Balaban J connectivity index is 1.40. The van der Waals surface area contributed by atoms with Crippen LogP contribution in [0.15, 0.2) is 30.6 Å². The molecule has 2 atom stereocenters. The van der Waals surface area contributed by atoms with Crippen LogP contribution in [0.25, 0.3) is 22.3 Å². The molecule has 1 aliphatic carbocycles. The second-order valence-electron chi connectivity index (χ2n) is 11.9. The molecule has 10 heteroatoms. The number of hydrogen-bond donors (Lipinski definition) is 1. The highest BCUT2D eigenvalue weighted by molar-refractivity contribution is 5.95. The first kappa shape index (κ1) is 25.5. The Labute approximate surface area is 228 Å². The number of aromatic nitrogens is 3. The highest BCUT2D eigenvalue weighted by atomic mass is 16.6. The van der Waals surface area contributed by atoms with Crippen LogP contribution in [0.3, 0.4) is 0 Å². The van der Waals surface area contributed by atoms with Gasteiger partial charge in [-0.1, -0.05) is 6.07 Å². The van der Waals surface area contributed by atoms with Crippen molar-refractivity contribution in [1.82, 2.24) is 19.9 Å². The number of benzene rings is 1. The molecule has 4 heterocycles. The summed E-state index contributed by atoms with van der Waals surface area (Å²) >= 11 is 0. The molecule has 6 rings (SSSR count). The quantitative estimate of drug-likeness (QED) is 0.515. The molecule has 2 aliphatic heterocycles. The van der Waals surface area contributed by atoms with Crippen molar-refractivity contribution in [3.05, 3.63) is 30.6 Å². The summed E-state index contributed by atoms with van der Waals surface area (Å²) in [7, 11) is 2.02. The predicted octanol–water partition coefficient (Wildman–Crippen LogP) is 4.53. The number of nitrogens with zero attached hydrogens (tertiary/aromatic N) is 5. The van der Waals surface area contributed by atoms with Crippen molar-refractivity contribution in [2.24, 2.45) is 5.92 Å². The number of rotatable bonds is 5. The van der Waals surface area contributed by atoms with Gasteiger partial charge in [-0.05, 0) is 58.7 Å². The molecule has 10 nitrogen and oxygen atoms in total. The summed E-state index contributed by atoms with van der Waals surface area (Å²) in [5.74, 6) is 0.661. The summed E-state index contributed by atoms with van der Waals surface area (Å²) < 4.78 is 14.4. The van der Waals surface area contributed by atoms with Gasteiger partial charge in [0.15, 0.2) is 0 Å². The van der Waals surface area contributed by atoms with Gasteiger partial charge in [-0.15, -0.1) is 0 Å². The van der Waals surface area contributed by atoms with E-state index in [1.165, 1.54) is 0 Å². The van der Waals surface area contributed by atoms with Crippen LogP contribution in [0, 0.1) is 5.92 Å². The van der Waals surface area contributed by atoms with Gasteiger partial charge in [0.05, 0.1) is 28.9 Å². The van der Waals surface area contributed by atoms with Crippen LogP contribution < -0.4 is 19.9 Å². The van der Waals surface area contributed by atoms with Crippen molar-refractivity contribution in [2.75, 3.05) is 36.5 Å². The first-order chi connectivity index (χ1) is 18.6. The highest BCUT2D eigenvalue weighted by Gasteiger charge is 2.32. The van der Waals surface area contributed by atoms with Crippen LogP contribution in [0.4, 0.5) is 16.2 Å². The minimum Gasteiger partial charge on any atom is -0.473 e. The Morgan fingerprint density at radius 2 is 1.95 bits per heavy atom. The lowest BCUT2D eigenvalue weighted by molar-refractivity contribution is -0.119. The Bertz CT molecular complexity index is 1440. The zero-order chi connectivity index (χ0) is 27.5. The number of imidazole rings is 1. The fourth-order valence-corrected chi connectivity index (χ4v) is 5.34. The Morgan fingerprint density at radius 3 is 2.64 bits per heavy atom. The zero-order valence-corrected chi connectivity index (χ0v) is 23.2. The number of likely N-dealkylation sites (N-methyl/N-ethyl adjacent to an activating group) is 1. The van der Waals surface area contributed by atoms with E-state index in [-0.39, 0.29) is 24.0 Å². The fourth-order valence-electron chi connectivity index (χ4n) is 5.34. The molecule has 0 spiro atoms. The maximum Gasteiger partial charge on any atom is 0.414 e. The average Bonchev–Trinajstić information content (AvgIpc) is 3.48. The van der Waals surface area contributed by atoms with Crippen LogP contribution in [-0.4, -0.2) is 64.9 Å². The summed E-state index contributed by atoms with van der Waals surface area (Å²) in [6, 6.07) is 8.44. The van der Waals surface area contributed by atoms with Gasteiger partial charge in [-0.25, -0.2) is 14.8 Å². The van der Waals surface area contributed by atoms with Gasteiger partial charge in [-0.2, -0.15) is 0 Å². The van der Waals surface area contributed by atoms with Crippen LogP contribution in [-0.2, 0) is 9.53 Å². The number of carbonyl (C=O) groups is 2. The molecule has 1 N–H and O–H groups in total. The van der Waals surface area contributed by atoms with E-state index < -0.39 is 5.60 Å². The summed E-state index contributed by atoms with van der Waals surface area (Å²) in [6.45, 7) is 9.46. The molecule has 1 aromatic carbocycles. The van der Waals surface area contributed by atoms with E-state index in [1.807, 2.05) is 65.3 Å². The molecule has 0 bridgehead atoms. The first-order valence-corrected chi connectivity index (χ1v) is 13.7. The van der Waals surface area contributed by atoms with Crippen molar-refractivity contribution in [1.29, 1.82) is 0 Å². The standard InChI is InChI=1S/C29H36N6O4/c1-17(19-13-25(36)30-15-19)38-27-26-22(31-16-35(26)20-7-8-20)14-21(32-27)18-6-9-23-24(12-18)34(11-10-33(23)5)28(37)39-29(2,3)4/h6,9,12,14,16-17,19-20H,7-8,10-11,13,15H2,1-5H3,(H,30,36)/t17-,19-/m1/s1. The molecule has 39 heavy (non-hydrogen) atoms. The molecule has 3 aromatic rings. The van der Waals surface area contributed by atoms with Gasteiger partial charge in [0.1, 0.15) is 17.2 Å². The Kier molecular flexibility index (Phi) is 6.15. The normalized spacial score (nSPS) is 20.1. The summed E-state index contributed by atoms with van der Waals surface area (Å²) in [5.41, 5.74) is 4.42. The molecule has 0 unspecified atom stereocenters. The molecule has 2 aromatic heterocycles.